The van der Waals surface area contributed by atoms with E-state index < -0.39 is 17.6 Å². The van der Waals surface area contributed by atoms with Gasteiger partial charge in [-0.15, -0.1) is 11.6 Å². The van der Waals surface area contributed by atoms with Gasteiger partial charge < -0.3 is 0 Å². The zero-order chi connectivity index (χ0) is 9.84. The molecule has 0 fully saturated rings. The fourth-order valence-electron chi connectivity index (χ4n) is 0.971. The molecular formula is C9H6ClF2N. The van der Waals surface area contributed by atoms with Crippen molar-refractivity contribution in [2.45, 2.75) is 5.92 Å². The van der Waals surface area contributed by atoms with Crippen LogP contribution >= 0.6 is 11.6 Å². The molecule has 0 amide bonds. The van der Waals surface area contributed by atoms with Crippen LogP contribution in [-0.4, -0.2) is 5.88 Å². The highest BCUT2D eigenvalue weighted by Crippen LogP contribution is 2.20. The minimum atomic E-state index is -0.729. The number of rotatable bonds is 2. The third-order valence-electron chi connectivity index (χ3n) is 1.65. The van der Waals surface area contributed by atoms with Gasteiger partial charge in [0.2, 0.25) is 0 Å². The van der Waals surface area contributed by atoms with E-state index in [9.17, 15) is 8.78 Å². The number of alkyl halides is 1. The summed E-state index contributed by atoms with van der Waals surface area (Å²) in [6.45, 7) is 0. The van der Waals surface area contributed by atoms with Gasteiger partial charge in [0.1, 0.15) is 11.6 Å². The first-order valence-corrected chi connectivity index (χ1v) is 4.13. The van der Waals surface area contributed by atoms with Crippen molar-refractivity contribution in [2.75, 3.05) is 5.88 Å². The van der Waals surface area contributed by atoms with E-state index in [0.717, 1.165) is 12.1 Å². The Balaban J connectivity index is 3.09. The van der Waals surface area contributed by atoms with Gasteiger partial charge in [0.25, 0.3) is 0 Å². The Morgan fingerprint density at radius 3 is 2.62 bits per heavy atom. The second-order valence-corrected chi connectivity index (χ2v) is 2.81. The average molecular weight is 202 g/mol. The van der Waals surface area contributed by atoms with Gasteiger partial charge in [-0.2, -0.15) is 5.26 Å². The van der Waals surface area contributed by atoms with Crippen LogP contribution in [0.4, 0.5) is 8.78 Å². The summed E-state index contributed by atoms with van der Waals surface area (Å²) in [5.74, 6) is -2.11. The standard InChI is InChI=1S/C9H6ClF2N/c10-4-6(5-13)8-2-1-7(11)3-9(8)12/h1-3,6H,4H2. The summed E-state index contributed by atoms with van der Waals surface area (Å²) in [7, 11) is 0. The normalized spacial score (nSPS) is 12.2. The van der Waals surface area contributed by atoms with Crippen LogP contribution in [0, 0.1) is 23.0 Å². The smallest absolute Gasteiger partial charge is 0.130 e. The lowest BCUT2D eigenvalue weighted by Gasteiger charge is -2.05. The lowest BCUT2D eigenvalue weighted by atomic mass is 10.0. The van der Waals surface area contributed by atoms with E-state index in [1.807, 2.05) is 6.07 Å². The van der Waals surface area contributed by atoms with E-state index in [1.54, 1.807) is 0 Å². The molecule has 0 radical (unpaired) electrons. The van der Waals surface area contributed by atoms with Gasteiger partial charge in [-0.3, -0.25) is 0 Å². The Morgan fingerprint density at radius 2 is 2.15 bits per heavy atom. The zero-order valence-corrected chi connectivity index (χ0v) is 7.35. The van der Waals surface area contributed by atoms with Crippen molar-refractivity contribution >= 4 is 11.6 Å². The highest BCUT2D eigenvalue weighted by molar-refractivity contribution is 6.18. The van der Waals surface area contributed by atoms with E-state index in [4.69, 9.17) is 16.9 Å². The summed E-state index contributed by atoms with van der Waals surface area (Å²) in [6, 6.07) is 4.92. The molecule has 4 heteroatoms. The Kier molecular flexibility index (Phi) is 3.21. The molecule has 1 aromatic rings. The summed E-state index contributed by atoms with van der Waals surface area (Å²) < 4.78 is 25.5. The van der Waals surface area contributed by atoms with Crippen LogP contribution in [0.1, 0.15) is 11.5 Å². The molecule has 68 valence electrons. The van der Waals surface area contributed by atoms with Crippen LogP contribution in [0.5, 0.6) is 0 Å². The monoisotopic (exact) mass is 201 g/mol. The molecule has 1 nitrogen and oxygen atoms in total. The van der Waals surface area contributed by atoms with Gasteiger partial charge in [0.15, 0.2) is 0 Å². The van der Waals surface area contributed by atoms with E-state index in [2.05, 4.69) is 0 Å². The average Bonchev–Trinajstić information content (AvgIpc) is 2.10. The summed E-state index contributed by atoms with van der Waals surface area (Å²) in [6.07, 6.45) is 0. The highest BCUT2D eigenvalue weighted by Gasteiger charge is 2.14. The molecule has 1 rings (SSSR count). The summed E-state index contributed by atoms with van der Waals surface area (Å²) in [4.78, 5) is 0. The Morgan fingerprint density at radius 1 is 1.46 bits per heavy atom. The molecule has 13 heavy (non-hydrogen) atoms. The maximum atomic E-state index is 13.0. The molecule has 0 bridgehead atoms. The van der Waals surface area contributed by atoms with Crippen molar-refractivity contribution in [2.24, 2.45) is 0 Å². The molecule has 0 spiro atoms. The summed E-state index contributed by atoms with van der Waals surface area (Å²) >= 11 is 5.43. The van der Waals surface area contributed by atoms with Crippen LogP contribution < -0.4 is 0 Å². The van der Waals surface area contributed by atoms with Gasteiger partial charge >= 0.3 is 0 Å². The molecule has 0 saturated carbocycles. The molecule has 1 atom stereocenters. The van der Waals surface area contributed by atoms with E-state index >= 15 is 0 Å². The third kappa shape index (κ3) is 2.16. The van der Waals surface area contributed by atoms with Crippen molar-refractivity contribution in [3.63, 3.8) is 0 Å². The van der Waals surface area contributed by atoms with Crippen molar-refractivity contribution in [1.29, 1.82) is 5.26 Å². The quantitative estimate of drug-likeness (QED) is 0.675. The number of hydrogen-bond acceptors (Lipinski definition) is 1. The summed E-state index contributed by atoms with van der Waals surface area (Å²) in [5, 5.41) is 8.58. The molecule has 0 N–H and O–H groups in total. The minimum absolute atomic E-state index is 0.000940. The van der Waals surface area contributed by atoms with E-state index in [-0.39, 0.29) is 11.4 Å². The fourth-order valence-corrected chi connectivity index (χ4v) is 1.21. The largest absolute Gasteiger partial charge is 0.207 e. The lowest BCUT2D eigenvalue weighted by Crippen LogP contribution is -2.00. The Bertz CT molecular complexity index is 346. The predicted molar refractivity (Wildman–Crippen MR) is 45.4 cm³/mol. The number of hydrogen-bond donors (Lipinski definition) is 0. The van der Waals surface area contributed by atoms with Crippen molar-refractivity contribution in [1.82, 2.24) is 0 Å². The molecule has 0 aliphatic carbocycles. The van der Waals surface area contributed by atoms with Crippen molar-refractivity contribution in [3.05, 3.63) is 35.4 Å². The van der Waals surface area contributed by atoms with Crippen molar-refractivity contribution in [3.8, 4) is 6.07 Å². The maximum Gasteiger partial charge on any atom is 0.130 e. The second kappa shape index (κ2) is 4.20. The number of halogens is 3. The topological polar surface area (TPSA) is 23.8 Å². The van der Waals surface area contributed by atoms with E-state index in [1.165, 1.54) is 6.07 Å². The Hall–Kier alpha value is -1.14. The molecule has 0 heterocycles. The van der Waals surface area contributed by atoms with Gasteiger partial charge in [-0.25, -0.2) is 8.78 Å². The number of nitrogens with zero attached hydrogens (tertiary/aromatic N) is 1. The highest BCUT2D eigenvalue weighted by atomic mass is 35.5. The molecule has 0 aliphatic heterocycles. The molecule has 0 aliphatic rings. The summed E-state index contributed by atoms with van der Waals surface area (Å²) in [5.41, 5.74) is 0.138. The predicted octanol–water partition coefficient (Wildman–Crippen LogP) is 2.81. The van der Waals surface area contributed by atoms with Gasteiger partial charge in [0, 0.05) is 17.5 Å². The zero-order valence-electron chi connectivity index (χ0n) is 6.60. The molecule has 1 aromatic carbocycles. The molecular weight excluding hydrogens is 196 g/mol. The number of benzene rings is 1. The first-order chi connectivity index (χ1) is 6.19. The molecule has 0 aromatic heterocycles. The second-order valence-electron chi connectivity index (χ2n) is 2.50. The van der Waals surface area contributed by atoms with Crippen LogP contribution in [0.3, 0.4) is 0 Å². The fraction of sp³-hybridized carbons (Fsp3) is 0.222. The third-order valence-corrected chi connectivity index (χ3v) is 1.96. The van der Waals surface area contributed by atoms with Crippen LogP contribution in [-0.2, 0) is 0 Å². The van der Waals surface area contributed by atoms with Gasteiger partial charge in [-0.05, 0) is 6.07 Å². The SMILES string of the molecule is N#CC(CCl)c1ccc(F)cc1F. The lowest BCUT2D eigenvalue weighted by molar-refractivity contribution is 0.570. The van der Waals surface area contributed by atoms with Crippen LogP contribution in [0.25, 0.3) is 0 Å². The van der Waals surface area contributed by atoms with Crippen LogP contribution in [0.2, 0.25) is 0 Å². The first-order valence-electron chi connectivity index (χ1n) is 3.59. The van der Waals surface area contributed by atoms with Gasteiger partial charge in [-0.1, -0.05) is 6.07 Å². The number of nitriles is 1. The van der Waals surface area contributed by atoms with E-state index in [0.29, 0.717) is 0 Å². The van der Waals surface area contributed by atoms with Crippen LogP contribution in [0.15, 0.2) is 18.2 Å². The van der Waals surface area contributed by atoms with Gasteiger partial charge in [0.05, 0.1) is 12.0 Å². The minimum Gasteiger partial charge on any atom is -0.207 e. The first kappa shape index (κ1) is 9.94. The van der Waals surface area contributed by atoms with Crippen molar-refractivity contribution < 1.29 is 8.78 Å². The maximum absolute atomic E-state index is 13.0. The molecule has 0 saturated heterocycles. The molecule has 1 unspecified atom stereocenters. The Labute approximate surface area is 79.6 Å².